The van der Waals surface area contributed by atoms with Gasteiger partial charge in [-0.05, 0) is 18.8 Å². The van der Waals surface area contributed by atoms with E-state index in [1.54, 1.807) is 0 Å². The molecule has 0 aliphatic carbocycles. The Bertz CT molecular complexity index is 699. The summed E-state index contributed by atoms with van der Waals surface area (Å²) in [5.41, 5.74) is 13.2. The molecule has 2 aromatic rings. The molecule has 23 heavy (non-hydrogen) atoms. The van der Waals surface area contributed by atoms with Gasteiger partial charge in [-0.25, -0.2) is 4.98 Å². The van der Waals surface area contributed by atoms with E-state index in [0.29, 0.717) is 11.5 Å². The maximum atomic E-state index is 5.96. The average molecular weight is 315 g/mol. The highest BCUT2D eigenvalue weighted by Crippen LogP contribution is 2.36. The molecule has 0 bridgehead atoms. The second-order valence-electron chi connectivity index (χ2n) is 5.88. The lowest BCUT2D eigenvalue weighted by molar-refractivity contribution is 0.108. The summed E-state index contributed by atoms with van der Waals surface area (Å²) in [5, 5.41) is 0. The first-order valence-corrected chi connectivity index (χ1v) is 7.72. The van der Waals surface area contributed by atoms with Crippen LogP contribution in [0.25, 0.3) is 0 Å². The molecule has 0 aromatic carbocycles. The Balaban J connectivity index is 1.95. The maximum absolute atomic E-state index is 5.96. The first-order valence-electron chi connectivity index (χ1n) is 7.72. The van der Waals surface area contributed by atoms with E-state index in [1.807, 2.05) is 12.3 Å². The predicted molar refractivity (Wildman–Crippen MR) is 87.2 cm³/mol. The molecule has 1 aliphatic heterocycles. The molecule has 3 rings (SSSR count). The molecule has 3 heterocycles. The van der Waals surface area contributed by atoms with Crippen molar-refractivity contribution < 1.29 is 9.47 Å². The van der Waals surface area contributed by atoms with Crippen LogP contribution in [0, 0.1) is 0 Å². The van der Waals surface area contributed by atoms with Crippen LogP contribution in [-0.4, -0.2) is 21.6 Å². The number of hydrogen-bond donors (Lipinski definition) is 2. The van der Waals surface area contributed by atoms with Gasteiger partial charge in [-0.15, -0.1) is 0 Å². The summed E-state index contributed by atoms with van der Waals surface area (Å²) in [4.78, 5) is 12.4. The molecule has 0 amide bonds. The summed E-state index contributed by atoms with van der Waals surface area (Å²) in [7, 11) is 0. The van der Waals surface area contributed by atoms with E-state index in [2.05, 4.69) is 28.8 Å². The number of pyridine rings is 1. The third kappa shape index (κ3) is 3.34. The van der Waals surface area contributed by atoms with E-state index in [9.17, 15) is 0 Å². The summed E-state index contributed by atoms with van der Waals surface area (Å²) >= 11 is 0. The number of aromatic nitrogens is 3. The van der Waals surface area contributed by atoms with E-state index in [4.69, 9.17) is 20.9 Å². The van der Waals surface area contributed by atoms with Gasteiger partial charge in [-0.2, -0.15) is 4.98 Å². The Morgan fingerprint density at radius 3 is 2.70 bits per heavy atom. The van der Waals surface area contributed by atoms with Gasteiger partial charge in [0, 0.05) is 24.4 Å². The first kappa shape index (κ1) is 15.5. The average Bonchev–Trinajstić information content (AvgIpc) is 3.04. The molecule has 0 saturated carbocycles. The second-order valence-corrected chi connectivity index (χ2v) is 5.88. The lowest BCUT2D eigenvalue weighted by Crippen LogP contribution is -2.05. The molecule has 1 fully saturated rings. The minimum atomic E-state index is 0.0265. The third-order valence-corrected chi connectivity index (χ3v) is 3.82. The Kier molecular flexibility index (Phi) is 4.29. The maximum Gasteiger partial charge on any atom is 0.222 e. The van der Waals surface area contributed by atoms with Crippen LogP contribution in [0.3, 0.4) is 0 Å². The number of anilines is 2. The lowest BCUT2D eigenvalue weighted by Gasteiger charge is -2.17. The number of hydrogen-bond acceptors (Lipinski definition) is 7. The third-order valence-electron chi connectivity index (χ3n) is 3.82. The van der Waals surface area contributed by atoms with Crippen LogP contribution >= 0.6 is 0 Å². The summed E-state index contributed by atoms with van der Waals surface area (Å²) < 4.78 is 11.7. The zero-order valence-corrected chi connectivity index (χ0v) is 13.3. The SMILES string of the molecule is CC(C)c1cnc(C2CCCO2)cc1Oc1cnc(N)nc1N. The predicted octanol–water partition coefficient (Wildman–Crippen LogP) is 2.80. The Labute approximate surface area is 135 Å². The van der Waals surface area contributed by atoms with E-state index < -0.39 is 0 Å². The van der Waals surface area contributed by atoms with Gasteiger partial charge in [0.25, 0.3) is 0 Å². The van der Waals surface area contributed by atoms with Crippen LogP contribution < -0.4 is 16.2 Å². The van der Waals surface area contributed by atoms with Crippen molar-refractivity contribution in [2.75, 3.05) is 18.1 Å². The van der Waals surface area contributed by atoms with Gasteiger partial charge in [0.1, 0.15) is 5.75 Å². The monoisotopic (exact) mass is 315 g/mol. The van der Waals surface area contributed by atoms with Crippen molar-refractivity contribution in [1.82, 2.24) is 15.0 Å². The van der Waals surface area contributed by atoms with Crippen LogP contribution in [0.2, 0.25) is 0 Å². The fourth-order valence-electron chi connectivity index (χ4n) is 2.57. The zero-order chi connectivity index (χ0) is 16.4. The molecule has 4 N–H and O–H groups in total. The largest absolute Gasteiger partial charge is 0.451 e. The molecule has 122 valence electrons. The number of ether oxygens (including phenoxy) is 2. The first-order chi connectivity index (χ1) is 11.0. The zero-order valence-electron chi connectivity index (χ0n) is 13.3. The van der Waals surface area contributed by atoms with Crippen LogP contribution in [0.1, 0.15) is 50.0 Å². The van der Waals surface area contributed by atoms with Gasteiger partial charge >= 0.3 is 0 Å². The quantitative estimate of drug-likeness (QED) is 0.892. The van der Waals surface area contributed by atoms with Crippen LogP contribution in [0.4, 0.5) is 11.8 Å². The van der Waals surface area contributed by atoms with Crippen molar-refractivity contribution in [3.8, 4) is 11.5 Å². The van der Waals surface area contributed by atoms with Gasteiger partial charge in [-0.3, -0.25) is 4.98 Å². The minimum Gasteiger partial charge on any atom is -0.451 e. The highest BCUT2D eigenvalue weighted by molar-refractivity contribution is 5.50. The molecule has 1 saturated heterocycles. The summed E-state index contributed by atoms with van der Waals surface area (Å²) in [6.45, 7) is 4.93. The fourth-order valence-corrected chi connectivity index (χ4v) is 2.57. The standard InChI is InChI=1S/C16H21N5O2/c1-9(2)10-7-19-11(12-4-3-5-22-12)6-13(10)23-14-8-20-16(18)21-15(14)17/h6-9,12H,3-5H2,1-2H3,(H4,17,18,20,21). The fraction of sp³-hybridized carbons (Fsp3) is 0.438. The normalized spacial score (nSPS) is 17.6. The van der Waals surface area contributed by atoms with Crippen molar-refractivity contribution in [3.05, 3.63) is 29.7 Å². The van der Waals surface area contributed by atoms with Crippen molar-refractivity contribution in [3.63, 3.8) is 0 Å². The van der Waals surface area contributed by atoms with Crippen LogP contribution in [-0.2, 0) is 4.74 Å². The Morgan fingerprint density at radius 2 is 2.04 bits per heavy atom. The van der Waals surface area contributed by atoms with Crippen molar-refractivity contribution in [2.45, 2.75) is 38.7 Å². The minimum absolute atomic E-state index is 0.0265. The number of nitrogens with two attached hydrogens (primary N) is 2. The number of nitrogens with zero attached hydrogens (tertiary/aromatic N) is 3. The molecule has 7 nitrogen and oxygen atoms in total. The molecular weight excluding hydrogens is 294 g/mol. The second kappa shape index (κ2) is 6.37. The molecule has 7 heteroatoms. The number of rotatable bonds is 4. The van der Waals surface area contributed by atoms with Gasteiger partial charge < -0.3 is 20.9 Å². The molecule has 1 aliphatic rings. The summed E-state index contributed by atoms with van der Waals surface area (Å²) in [5.74, 6) is 1.66. The highest BCUT2D eigenvalue weighted by Gasteiger charge is 2.22. The van der Waals surface area contributed by atoms with Gasteiger partial charge in [0.15, 0.2) is 11.6 Å². The smallest absolute Gasteiger partial charge is 0.222 e. The van der Waals surface area contributed by atoms with Gasteiger partial charge in [0.2, 0.25) is 5.95 Å². The molecular formula is C16H21N5O2. The Hall–Kier alpha value is -2.41. The molecule has 1 atom stereocenters. The van der Waals surface area contributed by atoms with Crippen LogP contribution in [0.15, 0.2) is 18.5 Å². The number of nitrogen functional groups attached to an aromatic ring is 2. The van der Waals surface area contributed by atoms with E-state index in [1.165, 1.54) is 6.20 Å². The summed E-state index contributed by atoms with van der Waals surface area (Å²) in [6, 6.07) is 1.92. The molecule has 0 spiro atoms. The molecule has 0 radical (unpaired) electrons. The Morgan fingerprint density at radius 1 is 1.22 bits per heavy atom. The topological polar surface area (TPSA) is 109 Å². The van der Waals surface area contributed by atoms with Crippen molar-refractivity contribution in [2.24, 2.45) is 0 Å². The highest BCUT2D eigenvalue weighted by atomic mass is 16.5. The van der Waals surface area contributed by atoms with E-state index in [0.717, 1.165) is 30.7 Å². The summed E-state index contributed by atoms with van der Waals surface area (Å²) in [6.07, 6.45) is 5.37. The molecule has 2 aromatic heterocycles. The van der Waals surface area contributed by atoms with Crippen molar-refractivity contribution >= 4 is 11.8 Å². The van der Waals surface area contributed by atoms with Crippen molar-refractivity contribution in [1.29, 1.82) is 0 Å². The van der Waals surface area contributed by atoms with Gasteiger partial charge in [0.05, 0.1) is 18.0 Å². The van der Waals surface area contributed by atoms with E-state index >= 15 is 0 Å². The van der Waals surface area contributed by atoms with Gasteiger partial charge in [-0.1, -0.05) is 13.8 Å². The van der Waals surface area contributed by atoms with Crippen LogP contribution in [0.5, 0.6) is 11.5 Å². The molecule has 1 unspecified atom stereocenters. The van der Waals surface area contributed by atoms with E-state index in [-0.39, 0.29) is 23.8 Å². The lowest BCUT2D eigenvalue weighted by atomic mass is 10.0.